The van der Waals surface area contributed by atoms with E-state index in [2.05, 4.69) is 11.9 Å². The number of fused-ring (bicyclic) bond motifs is 3. The number of piperidine rings is 1. The van der Waals surface area contributed by atoms with Crippen LogP contribution in [0.2, 0.25) is 0 Å². The fourth-order valence-electron chi connectivity index (χ4n) is 4.12. The van der Waals surface area contributed by atoms with Gasteiger partial charge in [-0.15, -0.1) is 0 Å². The minimum Gasteiger partial charge on any atom is -0.445 e. The third-order valence-corrected chi connectivity index (χ3v) is 5.47. The summed E-state index contributed by atoms with van der Waals surface area (Å²) < 4.78 is 8.32. The highest BCUT2D eigenvalue weighted by Crippen LogP contribution is 2.35. The van der Waals surface area contributed by atoms with Crippen molar-refractivity contribution < 1.29 is 9.53 Å². The molecule has 23 heavy (non-hydrogen) atoms. The number of aryl methyl sites for hydroxylation is 1. The van der Waals surface area contributed by atoms with Crippen molar-refractivity contribution in [1.82, 2.24) is 14.0 Å². The van der Waals surface area contributed by atoms with Gasteiger partial charge in [0.2, 0.25) is 0 Å². The number of hydrogen-bond acceptors (Lipinski definition) is 4. The van der Waals surface area contributed by atoms with Crippen LogP contribution in [0.15, 0.2) is 29.1 Å². The summed E-state index contributed by atoms with van der Waals surface area (Å²) in [4.78, 5) is 27.4. The maximum Gasteiger partial charge on any atom is 0.423 e. The summed E-state index contributed by atoms with van der Waals surface area (Å²) in [6.07, 6.45) is 3.41. The molecular formula is C17H21N3O3. The molecule has 3 heterocycles. The third kappa shape index (κ3) is 2.20. The molecule has 1 unspecified atom stereocenters. The molecule has 0 amide bonds. The van der Waals surface area contributed by atoms with E-state index < -0.39 is 6.09 Å². The zero-order valence-electron chi connectivity index (χ0n) is 13.4. The topological polar surface area (TPSA) is 56.5 Å². The summed E-state index contributed by atoms with van der Waals surface area (Å²) in [5.74, 6) is 0. The van der Waals surface area contributed by atoms with E-state index in [4.69, 9.17) is 4.74 Å². The van der Waals surface area contributed by atoms with Crippen LogP contribution in [-0.4, -0.2) is 45.4 Å². The van der Waals surface area contributed by atoms with E-state index in [0.717, 1.165) is 22.9 Å². The highest BCUT2D eigenvalue weighted by molar-refractivity contribution is 5.86. The Morgan fingerprint density at radius 2 is 1.70 bits per heavy atom. The largest absolute Gasteiger partial charge is 0.445 e. The lowest BCUT2D eigenvalue weighted by Crippen LogP contribution is -2.44. The van der Waals surface area contributed by atoms with Crippen LogP contribution in [-0.2, 0) is 11.8 Å². The molecule has 1 aromatic heterocycles. The van der Waals surface area contributed by atoms with E-state index in [0.29, 0.717) is 17.6 Å². The summed E-state index contributed by atoms with van der Waals surface area (Å²) in [5.41, 5.74) is 0.978. The van der Waals surface area contributed by atoms with Gasteiger partial charge in [-0.25, -0.2) is 9.59 Å². The standard InChI is InChI=1S/C17H21N3O3/c1-18-11-7-8-12(18)10-13(9-11)23-17(22)20-15-6-4-3-5-14(15)19(2)16(20)21/h3-6,11-13H,7-10H2,1-2H3/t11-,12+,13?. The van der Waals surface area contributed by atoms with Crippen LogP contribution >= 0.6 is 0 Å². The van der Waals surface area contributed by atoms with Crippen LogP contribution < -0.4 is 5.69 Å². The maximum atomic E-state index is 12.6. The molecule has 6 heteroatoms. The fourth-order valence-corrected chi connectivity index (χ4v) is 4.12. The normalized spacial score (nSPS) is 27.5. The monoisotopic (exact) mass is 315 g/mol. The highest BCUT2D eigenvalue weighted by atomic mass is 16.6. The first-order valence-electron chi connectivity index (χ1n) is 8.15. The number of imidazole rings is 1. The molecule has 2 aliphatic heterocycles. The van der Waals surface area contributed by atoms with E-state index in [1.807, 2.05) is 18.2 Å². The number of nitrogens with zero attached hydrogens (tertiary/aromatic N) is 3. The van der Waals surface area contributed by atoms with Gasteiger partial charge in [-0.2, -0.15) is 4.57 Å². The van der Waals surface area contributed by atoms with Crippen molar-refractivity contribution >= 4 is 17.1 Å². The molecule has 6 nitrogen and oxygen atoms in total. The summed E-state index contributed by atoms with van der Waals surface area (Å²) in [6.45, 7) is 0. The molecule has 2 bridgehead atoms. The van der Waals surface area contributed by atoms with Crippen LogP contribution in [0, 0.1) is 0 Å². The van der Waals surface area contributed by atoms with Crippen molar-refractivity contribution in [3.05, 3.63) is 34.7 Å². The Morgan fingerprint density at radius 3 is 2.35 bits per heavy atom. The highest BCUT2D eigenvalue weighted by Gasteiger charge is 2.40. The van der Waals surface area contributed by atoms with E-state index >= 15 is 0 Å². The Hall–Kier alpha value is -2.08. The van der Waals surface area contributed by atoms with Gasteiger partial charge >= 0.3 is 11.8 Å². The molecular weight excluding hydrogens is 294 g/mol. The van der Waals surface area contributed by atoms with Gasteiger partial charge in [0.15, 0.2) is 0 Å². The van der Waals surface area contributed by atoms with Crippen molar-refractivity contribution in [2.75, 3.05) is 7.05 Å². The summed E-state index contributed by atoms with van der Waals surface area (Å²) in [7, 11) is 3.82. The number of rotatable bonds is 1. The van der Waals surface area contributed by atoms with Gasteiger partial charge in [0.05, 0.1) is 11.0 Å². The second kappa shape index (κ2) is 5.23. The van der Waals surface area contributed by atoms with Crippen molar-refractivity contribution in [3.63, 3.8) is 0 Å². The van der Waals surface area contributed by atoms with Crippen LogP contribution in [0.1, 0.15) is 25.7 Å². The zero-order chi connectivity index (χ0) is 16.1. The second-order valence-corrected chi connectivity index (χ2v) is 6.69. The molecule has 0 saturated carbocycles. The van der Waals surface area contributed by atoms with Crippen molar-refractivity contribution in [3.8, 4) is 0 Å². The predicted molar refractivity (Wildman–Crippen MR) is 86.7 cm³/mol. The van der Waals surface area contributed by atoms with Gasteiger partial charge in [-0.1, -0.05) is 12.1 Å². The van der Waals surface area contributed by atoms with E-state index in [9.17, 15) is 9.59 Å². The number of hydrogen-bond donors (Lipinski definition) is 0. The average Bonchev–Trinajstić information content (AvgIpc) is 2.90. The summed E-state index contributed by atoms with van der Waals surface area (Å²) in [6, 6.07) is 8.27. The third-order valence-electron chi connectivity index (χ3n) is 5.47. The average molecular weight is 315 g/mol. The lowest BCUT2D eigenvalue weighted by atomic mass is 10.0. The first-order chi connectivity index (χ1) is 11.1. The molecule has 0 spiro atoms. The Morgan fingerprint density at radius 1 is 1.09 bits per heavy atom. The SMILES string of the molecule is CN1[C@@H]2CC[C@H]1CC(OC(=O)n1c(=O)n(C)c3ccccc31)C2. The van der Waals surface area contributed by atoms with Gasteiger partial charge in [-0.3, -0.25) is 4.57 Å². The molecule has 2 saturated heterocycles. The first-order valence-corrected chi connectivity index (χ1v) is 8.15. The van der Waals surface area contributed by atoms with Gasteiger partial charge in [0, 0.05) is 32.0 Å². The number of aromatic nitrogens is 2. The minimum atomic E-state index is -0.555. The molecule has 2 fully saturated rings. The molecule has 3 atom stereocenters. The predicted octanol–water partition coefficient (Wildman–Crippen LogP) is 1.95. The van der Waals surface area contributed by atoms with Gasteiger partial charge in [-0.05, 0) is 32.0 Å². The number of benzene rings is 1. The molecule has 2 aliphatic rings. The maximum absolute atomic E-state index is 12.6. The van der Waals surface area contributed by atoms with E-state index in [-0.39, 0.29) is 11.8 Å². The Labute approximate surface area is 134 Å². The second-order valence-electron chi connectivity index (χ2n) is 6.69. The number of carbonyl (C=O) groups excluding carboxylic acids is 1. The van der Waals surface area contributed by atoms with Gasteiger partial charge in [0.25, 0.3) is 0 Å². The van der Waals surface area contributed by atoms with Crippen molar-refractivity contribution in [1.29, 1.82) is 0 Å². The van der Waals surface area contributed by atoms with Crippen LogP contribution in [0.4, 0.5) is 4.79 Å². The quantitative estimate of drug-likeness (QED) is 0.807. The Kier molecular flexibility index (Phi) is 3.30. The summed E-state index contributed by atoms with van der Waals surface area (Å²) >= 11 is 0. The zero-order valence-corrected chi connectivity index (χ0v) is 13.4. The molecule has 0 aliphatic carbocycles. The van der Waals surface area contributed by atoms with Crippen molar-refractivity contribution in [2.45, 2.75) is 43.9 Å². The minimum absolute atomic E-state index is 0.0953. The van der Waals surface area contributed by atoms with Crippen molar-refractivity contribution in [2.24, 2.45) is 7.05 Å². The van der Waals surface area contributed by atoms with E-state index in [1.165, 1.54) is 17.4 Å². The summed E-state index contributed by atoms with van der Waals surface area (Å²) in [5, 5.41) is 0. The van der Waals surface area contributed by atoms with Crippen LogP contribution in [0.25, 0.3) is 11.0 Å². The molecule has 0 N–H and O–H groups in total. The molecule has 4 rings (SSSR count). The molecule has 1 aromatic carbocycles. The van der Waals surface area contributed by atoms with Gasteiger partial charge in [0.1, 0.15) is 6.10 Å². The molecule has 0 radical (unpaired) electrons. The lowest BCUT2D eigenvalue weighted by Gasteiger charge is -2.35. The molecule has 122 valence electrons. The smallest absolute Gasteiger partial charge is 0.423 e. The lowest BCUT2D eigenvalue weighted by molar-refractivity contribution is 0.0290. The first kappa shape index (κ1) is 14.5. The Bertz CT molecular complexity index is 808. The number of para-hydroxylation sites is 2. The van der Waals surface area contributed by atoms with Crippen LogP contribution in [0.3, 0.4) is 0 Å². The molecule has 2 aromatic rings. The fraction of sp³-hybridized carbons (Fsp3) is 0.529. The van der Waals surface area contributed by atoms with E-state index in [1.54, 1.807) is 13.1 Å². The number of carbonyl (C=O) groups is 1. The van der Waals surface area contributed by atoms with Gasteiger partial charge < -0.3 is 9.64 Å². The van der Waals surface area contributed by atoms with Crippen LogP contribution in [0.5, 0.6) is 0 Å². The Balaban J connectivity index is 1.61. The number of ether oxygens (including phenoxy) is 1.